The first-order valence-electron chi connectivity index (χ1n) is 12.0. The molecular formula is C28H24F6N4OS. The van der Waals surface area contributed by atoms with Crippen LogP contribution in [0.2, 0.25) is 0 Å². The van der Waals surface area contributed by atoms with Gasteiger partial charge in [-0.3, -0.25) is 9.36 Å². The Labute approximate surface area is 230 Å². The second-order valence-electron chi connectivity index (χ2n) is 9.28. The summed E-state index contributed by atoms with van der Waals surface area (Å²) in [5, 5.41) is 11.5. The molecule has 0 bridgehead atoms. The van der Waals surface area contributed by atoms with E-state index in [0.717, 1.165) is 16.7 Å². The van der Waals surface area contributed by atoms with Crippen molar-refractivity contribution in [1.29, 1.82) is 0 Å². The van der Waals surface area contributed by atoms with E-state index in [4.69, 9.17) is 0 Å². The number of aromatic nitrogens is 3. The molecule has 0 fully saturated rings. The second kappa shape index (κ2) is 11.4. The lowest BCUT2D eigenvalue weighted by Crippen LogP contribution is -2.29. The first kappa shape index (κ1) is 29.2. The van der Waals surface area contributed by atoms with Crippen LogP contribution in [0.5, 0.6) is 0 Å². The van der Waals surface area contributed by atoms with Gasteiger partial charge in [-0.25, -0.2) is 0 Å². The Morgan fingerprint density at radius 2 is 1.50 bits per heavy atom. The number of rotatable bonds is 7. The highest BCUT2D eigenvalue weighted by atomic mass is 32.2. The van der Waals surface area contributed by atoms with Crippen LogP contribution < -0.4 is 5.32 Å². The zero-order chi connectivity index (χ0) is 29.2. The number of hydrogen-bond donors (Lipinski definition) is 1. The summed E-state index contributed by atoms with van der Waals surface area (Å²) in [7, 11) is 0. The average Bonchev–Trinajstić information content (AvgIpc) is 3.31. The Morgan fingerprint density at radius 1 is 0.875 bits per heavy atom. The number of amides is 1. The molecule has 3 aromatic carbocycles. The Morgan fingerprint density at radius 3 is 2.08 bits per heavy atom. The van der Waals surface area contributed by atoms with Crippen molar-refractivity contribution in [3.05, 3.63) is 106 Å². The monoisotopic (exact) mass is 578 g/mol. The maximum atomic E-state index is 13.3. The van der Waals surface area contributed by atoms with Crippen molar-refractivity contribution in [3.63, 3.8) is 0 Å². The lowest BCUT2D eigenvalue weighted by atomic mass is 10.0. The quantitative estimate of drug-likeness (QED) is 0.180. The van der Waals surface area contributed by atoms with Gasteiger partial charge in [-0.15, -0.1) is 10.2 Å². The largest absolute Gasteiger partial charge is 0.416 e. The van der Waals surface area contributed by atoms with E-state index in [9.17, 15) is 31.1 Å². The van der Waals surface area contributed by atoms with Gasteiger partial charge >= 0.3 is 12.4 Å². The predicted octanol–water partition coefficient (Wildman–Crippen LogP) is 7.71. The molecule has 0 aliphatic carbocycles. The van der Waals surface area contributed by atoms with Gasteiger partial charge in [0.2, 0.25) is 0 Å². The first-order valence-corrected chi connectivity index (χ1v) is 13.0. The van der Waals surface area contributed by atoms with E-state index in [1.807, 2.05) is 62.4 Å². The van der Waals surface area contributed by atoms with Gasteiger partial charge in [-0.2, -0.15) is 26.3 Å². The van der Waals surface area contributed by atoms with E-state index in [0.29, 0.717) is 28.7 Å². The molecule has 0 saturated heterocycles. The van der Waals surface area contributed by atoms with Gasteiger partial charge in [-0.1, -0.05) is 59.3 Å². The first-order chi connectivity index (χ1) is 18.7. The van der Waals surface area contributed by atoms with Gasteiger partial charge in [0, 0.05) is 17.0 Å². The molecule has 0 saturated carbocycles. The fourth-order valence-electron chi connectivity index (χ4n) is 3.97. The molecule has 1 atom stereocenters. The molecule has 1 N–H and O–H groups in total. The number of alkyl halides is 6. The number of carbonyl (C=O) groups excluding carboxylic acids is 1. The Kier molecular flexibility index (Phi) is 8.29. The van der Waals surface area contributed by atoms with E-state index < -0.39 is 41.0 Å². The van der Waals surface area contributed by atoms with Gasteiger partial charge in [0.25, 0.3) is 5.91 Å². The number of halogens is 6. The molecule has 1 aromatic heterocycles. The van der Waals surface area contributed by atoms with Crippen LogP contribution >= 0.6 is 11.8 Å². The number of carbonyl (C=O) groups is 1. The molecule has 40 heavy (non-hydrogen) atoms. The van der Waals surface area contributed by atoms with E-state index in [-0.39, 0.29) is 11.9 Å². The molecule has 0 aliphatic heterocycles. The van der Waals surface area contributed by atoms with Gasteiger partial charge in [0.05, 0.1) is 17.2 Å². The summed E-state index contributed by atoms with van der Waals surface area (Å²) in [4.78, 5) is 12.9. The van der Waals surface area contributed by atoms with E-state index >= 15 is 0 Å². The Hall–Kier alpha value is -3.80. The van der Waals surface area contributed by atoms with Crippen LogP contribution in [0.15, 0.2) is 71.9 Å². The van der Waals surface area contributed by atoms with E-state index in [2.05, 4.69) is 15.5 Å². The van der Waals surface area contributed by atoms with E-state index in [1.54, 1.807) is 4.57 Å². The van der Waals surface area contributed by atoms with Crippen LogP contribution in [0.3, 0.4) is 0 Å². The molecule has 0 spiro atoms. The smallest absolute Gasteiger partial charge is 0.342 e. The van der Waals surface area contributed by atoms with Crippen LogP contribution in [0.4, 0.5) is 26.3 Å². The molecule has 4 aromatic rings. The van der Waals surface area contributed by atoms with Crippen molar-refractivity contribution in [1.82, 2.24) is 20.1 Å². The summed E-state index contributed by atoms with van der Waals surface area (Å²) in [5.74, 6) is -0.292. The van der Waals surface area contributed by atoms with Crippen LogP contribution in [-0.2, 0) is 18.1 Å². The average molecular weight is 579 g/mol. The van der Waals surface area contributed by atoms with Gasteiger partial charge in [0.15, 0.2) is 11.0 Å². The SMILES string of the molecule is Cc1ccc(-n2c(SCc3cccc(C)c3)nnc2C(C)NC(=O)c2cc(C(F)(F)F)cc(C(F)(F)F)c2)cc1. The zero-order valence-corrected chi connectivity index (χ0v) is 22.4. The molecule has 4 rings (SSSR count). The standard InChI is InChI=1S/C28H24F6N4OS/c1-16-7-9-23(10-8-16)38-24(36-37-26(38)40-15-19-6-4-5-17(2)11-19)18(3)35-25(39)20-12-21(27(29,30)31)14-22(13-20)28(32,33)34/h4-14,18H,15H2,1-3H3,(H,35,39). The molecule has 0 aliphatic rings. The van der Waals surface area contributed by atoms with Gasteiger partial charge in [-0.05, 0) is 56.7 Å². The number of nitrogens with zero attached hydrogens (tertiary/aromatic N) is 3. The lowest BCUT2D eigenvalue weighted by molar-refractivity contribution is -0.143. The number of nitrogens with one attached hydrogen (secondary N) is 1. The highest BCUT2D eigenvalue weighted by Crippen LogP contribution is 2.36. The second-order valence-corrected chi connectivity index (χ2v) is 10.2. The Balaban J connectivity index is 1.66. The van der Waals surface area contributed by atoms with Gasteiger partial charge in [0.1, 0.15) is 0 Å². The summed E-state index contributed by atoms with van der Waals surface area (Å²) in [5.41, 5.74) is -0.0923. The highest BCUT2D eigenvalue weighted by Gasteiger charge is 2.37. The van der Waals surface area contributed by atoms with Crippen LogP contribution in [-0.4, -0.2) is 20.7 Å². The maximum Gasteiger partial charge on any atom is 0.416 e. The van der Waals surface area contributed by atoms with Crippen molar-refractivity contribution in [3.8, 4) is 5.69 Å². The molecular weight excluding hydrogens is 554 g/mol. The highest BCUT2D eigenvalue weighted by molar-refractivity contribution is 7.98. The molecule has 210 valence electrons. The third-order valence-corrected chi connectivity index (χ3v) is 6.99. The zero-order valence-electron chi connectivity index (χ0n) is 21.6. The Bertz CT molecular complexity index is 1480. The summed E-state index contributed by atoms with van der Waals surface area (Å²) in [6.07, 6.45) is -10.1. The third-order valence-electron chi connectivity index (χ3n) is 5.99. The van der Waals surface area contributed by atoms with Crippen molar-refractivity contribution in [2.45, 2.75) is 50.1 Å². The van der Waals surface area contributed by atoms with Crippen LogP contribution in [0, 0.1) is 13.8 Å². The minimum atomic E-state index is -5.07. The van der Waals surface area contributed by atoms with Crippen molar-refractivity contribution >= 4 is 17.7 Å². The molecule has 0 radical (unpaired) electrons. The van der Waals surface area contributed by atoms with Crippen molar-refractivity contribution in [2.75, 3.05) is 0 Å². The summed E-state index contributed by atoms with van der Waals surface area (Å²) < 4.78 is 81.5. The minimum Gasteiger partial charge on any atom is -0.342 e. The lowest BCUT2D eigenvalue weighted by Gasteiger charge is -2.18. The molecule has 5 nitrogen and oxygen atoms in total. The summed E-state index contributed by atoms with van der Waals surface area (Å²) in [6.45, 7) is 5.42. The fraction of sp³-hybridized carbons (Fsp3) is 0.250. The van der Waals surface area contributed by atoms with Crippen molar-refractivity contribution in [2.24, 2.45) is 0 Å². The van der Waals surface area contributed by atoms with Crippen LogP contribution in [0.25, 0.3) is 5.69 Å². The summed E-state index contributed by atoms with van der Waals surface area (Å²) >= 11 is 1.40. The normalized spacial score (nSPS) is 12.8. The third kappa shape index (κ3) is 6.85. The number of benzene rings is 3. The minimum absolute atomic E-state index is 0.0219. The maximum absolute atomic E-state index is 13.3. The fourth-order valence-corrected chi connectivity index (χ4v) is 4.87. The number of thioether (sulfide) groups is 1. The molecule has 12 heteroatoms. The van der Waals surface area contributed by atoms with Gasteiger partial charge < -0.3 is 5.32 Å². The summed E-state index contributed by atoms with van der Waals surface area (Å²) in [6, 6.07) is 15.2. The predicted molar refractivity (Wildman–Crippen MR) is 139 cm³/mol. The molecule has 1 amide bonds. The van der Waals surface area contributed by atoms with Crippen LogP contribution in [0.1, 0.15) is 57.0 Å². The number of aryl methyl sites for hydroxylation is 2. The topological polar surface area (TPSA) is 59.8 Å². The van der Waals surface area contributed by atoms with Crippen molar-refractivity contribution < 1.29 is 31.1 Å². The molecule has 1 heterocycles. The van der Waals surface area contributed by atoms with E-state index in [1.165, 1.54) is 18.7 Å². The molecule has 1 unspecified atom stereocenters. The number of hydrogen-bond acceptors (Lipinski definition) is 4.